The molecule has 0 aliphatic rings. The van der Waals surface area contributed by atoms with Crippen molar-refractivity contribution in [3.8, 4) is 5.69 Å². The molecule has 0 saturated carbocycles. The SMILES string of the molecule is Cc1cccc(C)c1-n1c(CO)n[nH]c1=S. The molecule has 16 heavy (non-hydrogen) atoms. The molecular formula is C11H13N3OS. The summed E-state index contributed by atoms with van der Waals surface area (Å²) in [6.07, 6.45) is 0. The van der Waals surface area contributed by atoms with E-state index in [-0.39, 0.29) is 6.61 Å². The van der Waals surface area contributed by atoms with E-state index in [1.165, 1.54) is 0 Å². The molecule has 0 spiro atoms. The Balaban J connectivity index is 2.76. The molecule has 0 aliphatic heterocycles. The summed E-state index contributed by atoms with van der Waals surface area (Å²) in [5.41, 5.74) is 3.20. The van der Waals surface area contributed by atoms with E-state index in [0.29, 0.717) is 10.6 Å². The first-order chi connectivity index (χ1) is 7.65. The van der Waals surface area contributed by atoms with Gasteiger partial charge in [0.15, 0.2) is 10.6 Å². The van der Waals surface area contributed by atoms with Crippen molar-refractivity contribution in [2.24, 2.45) is 0 Å². The van der Waals surface area contributed by atoms with Gasteiger partial charge in [-0.3, -0.25) is 9.67 Å². The number of nitrogens with zero attached hydrogens (tertiary/aromatic N) is 2. The molecule has 2 aromatic rings. The first kappa shape index (κ1) is 11.0. The Hall–Kier alpha value is -1.46. The van der Waals surface area contributed by atoms with Crippen LogP contribution in [-0.2, 0) is 6.61 Å². The van der Waals surface area contributed by atoms with Gasteiger partial charge < -0.3 is 5.11 Å². The molecule has 4 nitrogen and oxygen atoms in total. The van der Waals surface area contributed by atoms with E-state index in [0.717, 1.165) is 16.8 Å². The Labute approximate surface area is 98.6 Å². The zero-order chi connectivity index (χ0) is 11.7. The van der Waals surface area contributed by atoms with Crippen molar-refractivity contribution in [2.75, 3.05) is 0 Å². The van der Waals surface area contributed by atoms with Crippen molar-refractivity contribution in [1.82, 2.24) is 14.8 Å². The average Bonchev–Trinajstić information content (AvgIpc) is 2.60. The van der Waals surface area contributed by atoms with Gasteiger partial charge in [0.1, 0.15) is 6.61 Å². The zero-order valence-electron chi connectivity index (χ0n) is 9.19. The molecule has 5 heteroatoms. The van der Waals surface area contributed by atoms with Crippen LogP contribution < -0.4 is 0 Å². The number of aromatic amines is 1. The minimum atomic E-state index is -0.138. The van der Waals surface area contributed by atoms with Gasteiger partial charge in [0.05, 0.1) is 5.69 Å². The van der Waals surface area contributed by atoms with Gasteiger partial charge >= 0.3 is 0 Å². The van der Waals surface area contributed by atoms with Crippen LogP contribution in [0, 0.1) is 18.6 Å². The predicted octanol–water partition coefficient (Wildman–Crippen LogP) is 2.04. The number of hydrogen-bond acceptors (Lipinski definition) is 3. The maximum atomic E-state index is 9.23. The quantitative estimate of drug-likeness (QED) is 0.783. The highest BCUT2D eigenvalue weighted by molar-refractivity contribution is 7.71. The summed E-state index contributed by atoms with van der Waals surface area (Å²) in [5.74, 6) is 0.530. The molecule has 1 aromatic carbocycles. The van der Waals surface area contributed by atoms with Gasteiger partial charge in [0.2, 0.25) is 0 Å². The van der Waals surface area contributed by atoms with Crippen LogP contribution in [0.3, 0.4) is 0 Å². The highest BCUT2D eigenvalue weighted by Crippen LogP contribution is 2.20. The Morgan fingerprint density at radius 3 is 2.56 bits per heavy atom. The molecule has 0 bridgehead atoms. The number of aromatic nitrogens is 3. The molecular weight excluding hydrogens is 222 g/mol. The van der Waals surface area contributed by atoms with Gasteiger partial charge in [-0.25, -0.2) is 0 Å². The number of aliphatic hydroxyl groups excluding tert-OH is 1. The van der Waals surface area contributed by atoms with Crippen LogP contribution in [0.25, 0.3) is 5.69 Å². The number of benzene rings is 1. The second-order valence-corrected chi connectivity index (χ2v) is 4.07. The van der Waals surface area contributed by atoms with E-state index in [2.05, 4.69) is 10.2 Å². The second kappa shape index (κ2) is 4.19. The Morgan fingerprint density at radius 2 is 2.00 bits per heavy atom. The van der Waals surface area contributed by atoms with Crippen LogP contribution in [-0.4, -0.2) is 19.9 Å². The molecule has 0 aliphatic carbocycles. The third kappa shape index (κ3) is 1.68. The number of H-pyrrole nitrogens is 1. The van der Waals surface area contributed by atoms with Crippen molar-refractivity contribution in [2.45, 2.75) is 20.5 Å². The minimum Gasteiger partial charge on any atom is -0.388 e. The number of para-hydroxylation sites is 1. The fourth-order valence-corrected chi connectivity index (χ4v) is 2.07. The van der Waals surface area contributed by atoms with Crippen LogP contribution in [0.1, 0.15) is 17.0 Å². The number of rotatable bonds is 2. The molecule has 0 fully saturated rings. The lowest BCUT2D eigenvalue weighted by Gasteiger charge is -2.11. The maximum Gasteiger partial charge on any atom is 0.199 e. The number of nitrogens with one attached hydrogen (secondary N) is 1. The van der Waals surface area contributed by atoms with Gasteiger partial charge in [0.25, 0.3) is 0 Å². The molecule has 0 amide bonds. The predicted molar refractivity (Wildman–Crippen MR) is 64.1 cm³/mol. The maximum absolute atomic E-state index is 9.23. The summed E-state index contributed by atoms with van der Waals surface area (Å²) >= 11 is 5.17. The zero-order valence-corrected chi connectivity index (χ0v) is 10.0. The molecule has 0 radical (unpaired) electrons. The van der Waals surface area contributed by atoms with E-state index in [1.54, 1.807) is 4.57 Å². The van der Waals surface area contributed by atoms with Gasteiger partial charge in [-0.2, -0.15) is 5.10 Å². The summed E-state index contributed by atoms with van der Waals surface area (Å²) in [6, 6.07) is 6.02. The van der Waals surface area contributed by atoms with Crippen molar-refractivity contribution < 1.29 is 5.11 Å². The first-order valence-corrected chi connectivity index (χ1v) is 5.39. The van der Waals surface area contributed by atoms with E-state index in [9.17, 15) is 5.11 Å². The van der Waals surface area contributed by atoms with Crippen molar-refractivity contribution >= 4 is 12.2 Å². The van der Waals surface area contributed by atoms with Gasteiger partial charge in [-0.05, 0) is 37.2 Å². The molecule has 1 heterocycles. The molecule has 84 valence electrons. The first-order valence-electron chi connectivity index (χ1n) is 4.99. The van der Waals surface area contributed by atoms with Crippen LogP contribution in [0.5, 0.6) is 0 Å². The summed E-state index contributed by atoms with van der Waals surface area (Å²) in [6.45, 7) is 3.89. The largest absolute Gasteiger partial charge is 0.388 e. The van der Waals surface area contributed by atoms with Gasteiger partial charge in [-0.1, -0.05) is 18.2 Å². The van der Waals surface area contributed by atoms with E-state index >= 15 is 0 Å². The van der Waals surface area contributed by atoms with Gasteiger partial charge in [0, 0.05) is 0 Å². The third-order valence-electron chi connectivity index (χ3n) is 2.55. The lowest BCUT2D eigenvalue weighted by molar-refractivity contribution is 0.268. The van der Waals surface area contributed by atoms with E-state index < -0.39 is 0 Å². The molecule has 0 atom stereocenters. The van der Waals surface area contributed by atoms with Crippen LogP contribution in [0.15, 0.2) is 18.2 Å². The molecule has 2 rings (SSSR count). The molecule has 0 saturated heterocycles. The highest BCUT2D eigenvalue weighted by Gasteiger charge is 2.11. The van der Waals surface area contributed by atoms with Crippen LogP contribution in [0.4, 0.5) is 0 Å². The summed E-state index contributed by atoms with van der Waals surface area (Å²) in [4.78, 5) is 0. The number of hydrogen-bond donors (Lipinski definition) is 2. The lowest BCUT2D eigenvalue weighted by Crippen LogP contribution is -2.05. The lowest BCUT2D eigenvalue weighted by atomic mass is 10.1. The fourth-order valence-electron chi connectivity index (χ4n) is 1.82. The Morgan fingerprint density at radius 1 is 1.38 bits per heavy atom. The van der Waals surface area contributed by atoms with Crippen LogP contribution in [0.2, 0.25) is 0 Å². The van der Waals surface area contributed by atoms with Crippen molar-refractivity contribution in [3.05, 3.63) is 39.9 Å². The van der Waals surface area contributed by atoms with Crippen LogP contribution >= 0.6 is 12.2 Å². The molecule has 1 aromatic heterocycles. The summed E-state index contributed by atoms with van der Waals surface area (Å²) < 4.78 is 2.28. The third-order valence-corrected chi connectivity index (χ3v) is 2.82. The normalized spacial score (nSPS) is 10.7. The van der Waals surface area contributed by atoms with Crippen molar-refractivity contribution in [1.29, 1.82) is 0 Å². The highest BCUT2D eigenvalue weighted by atomic mass is 32.1. The fraction of sp³-hybridized carbons (Fsp3) is 0.273. The van der Waals surface area contributed by atoms with E-state index in [1.807, 2.05) is 32.0 Å². The summed E-state index contributed by atoms with van der Waals surface area (Å²) in [5, 5.41) is 15.9. The standard InChI is InChI=1S/C11H13N3OS/c1-7-4-3-5-8(2)10(7)14-9(6-15)12-13-11(14)16/h3-5,15H,6H2,1-2H3,(H,13,16). The molecule has 0 unspecified atom stereocenters. The number of aryl methyl sites for hydroxylation is 2. The monoisotopic (exact) mass is 235 g/mol. The van der Waals surface area contributed by atoms with Gasteiger partial charge in [-0.15, -0.1) is 0 Å². The topological polar surface area (TPSA) is 53.8 Å². The molecule has 2 N–H and O–H groups in total. The van der Waals surface area contributed by atoms with Crippen molar-refractivity contribution in [3.63, 3.8) is 0 Å². The average molecular weight is 235 g/mol. The minimum absolute atomic E-state index is 0.138. The smallest absolute Gasteiger partial charge is 0.199 e. The second-order valence-electron chi connectivity index (χ2n) is 3.68. The Kier molecular flexibility index (Phi) is 2.89. The summed E-state index contributed by atoms with van der Waals surface area (Å²) in [7, 11) is 0. The Bertz CT molecular complexity index is 551. The van der Waals surface area contributed by atoms with E-state index in [4.69, 9.17) is 12.2 Å². The number of aliphatic hydroxyl groups is 1.